The number of fused-ring (bicyclic) bond motifs is 1. The summed E-state index contributed by atoms with van der Waals surface area (Å²) in [6, 6.07) is 8.66. The molecule has 0 bridgehead atoms. The van der Waals surface area contributed by atoms with E-state index in [4.69, 9.17) is 0 Å². The highest BCUT2D eigenvalue weighted by atomic mass is 32.1. The summed E-state index contributed by atoms with van der Waals surface area (Å²) in [6.45, 7) is 10.7. The van der Waals surface area contributed by atoms with Gasteiger partial charge in [0.1, 0.15) is 5.82 Å². The van der Waals surface area contributed by atoms with Gasteiger partial charge < -0.3 is 5.11 Å². The number of aromatic hydroxyl groups is 1. The van der Waals surface area contributed by atoms with Crippen molar-refractivity contribution >= 4 is 16.3 Å². The number of likely N-dealkylation sites (tertiary alicyclic amines) is 1. The Kier molecular flexibility index (Phi) is 4.49. The molecule has 3 heterocycles. The predicted molar refractivity (Wildman–Crippen MR) is 105 cm³/mol. The van der Waals surface area contributed by atoms with Gasteiger partial charge in [-0.05, 0) is 37.7 Å². The van der Waals surface area contributed by atoms with Gasteiger partial charge in [0, 0.05) is 13.1 Å². The van der Waals surface area contributed by atoms with Gasteiger partial charge in [-0.2, -0.15) is 4.52 Å². The minimum Gasteiger partial charge on any atom is -0.492 e. The fraction of sp³-hybridized carbons (Fsp3) is 0.500. The lowest BCUT2D eigenvalue weighted by atomic mass is 9.89. The molecule has 0 amide bonds. The number of aromatic nitrogens is 3. The minimum atomic E-state index is 0.0360. The summed E-state index contributed by atoms with van der Waals surface area (Å²) >= 11 is 1.55. The molecule has 6 heteroatoms. The monoisotopic (exact) mass is 370 g/mol. The van der Waals surface area contributed by atoms with Crippen molar-refractivity contribution in [2.45, 2.75) is 40.2 Å². The Morgan fingerprint density at radius 3 is 2.58 bits per heavy atom. The average molecular weight is 371 g/mol. The molecule has 1 fully saturated rings. The lowest BCUT2D eigenvalue weighted by Crippen LogP contribution is -2.41. The van der Waals surface area contributed by atoms with Gasteiger partial charge in [-0.15, -0.1) is 5.10 Å². The van der Waals surface area contributed by atoms with Crippen LogP contribution >= 0.6 is 11.3 Å². The van der Waals surface area contributed by atoms with Crippen LogP contribution in [0.4, 0.5) is 0 Å². The molecule has 138 valence electrons. The fourth-order valence-corrected chi connectivity index (χ4v) is 5.48. The van der Waals surface area contributed by atoms with Crippen LogP contribution in [-0.2, 0) is 0 Å². The molecule has 26 heavy (non-hydrogen) atoms. The molecule has 1 aliphatic rings. The maximum absolute atomic E-state index is 10.9. The first kappa shape index (κ1) is 17.5. The Morgan fingerprint density at radius 2 is 1.92 bits per heavy atom. The van der Waals surface area contributed by atoms with Gasteiger partial charge in [-0.25, -0.2) is 4.98 Å². The van der Waals surface area contributed by atoms with Crippen LogP contribution in [0, 0.1) is 25.7 Å². The Balaban J connectivity index is 1.84. The Morgan fingerprint density at radius 1 is 1.19 bits per heavy atom. The van der Waals surface area contributed by atoms with Crippen molar-refractivity contribution < 1.29 is 5.11 Å². The largest absolute Gasteiger partial charge is 0.492 e. The number of hydrogen-bond donors (Lipinski definition) is 1. The van der Waals surface area contributed by atoms with E-state index in [9.17, 15) is 5.11 Å². The molecular weight excluding hydrogens is 344 g/mol. The molecule has 0 aliphatic carbocycles. The zero-order valence-corrected chi connectivity index (χ0v) is 16.6. The standard InChI is InChI=1S/C20H26N4OS/c1-12-6-5-7-16(9-12)17(23-10-13(2)8-14(3)11-23)18-19(25)24-20(26-18)21-15(4)22-24/h5-7,9,13-14,17,25H,8,10-11H2,1-4H3. The first-order valence-electron chi connectivity index (χ1n) is 9.28. The molecule has 3 unspecified atom stereocenters. The number of rotatable bonds is 3. The van der Waals surface area contributed by atoms with Gasteiger partial charge in [0.15, 0.2) is 0 Å². The van der Waals surface area contributed by atoms with Gasteiger partial charge >= 0.3 is 0 Å². The summed E-state index contributed by atoms with van der Waals surface area (Å²) in [5.41, 5.74) is 2.46. The molecule has 1 saturated heterocycles. The van der Waals surface area contributed by atoms with E-state index in [0.29, 0.717) is 17.7 Å². The zero-order valence-electron chi connectivity index (χ0n) is 15.8. The van der Waals surface area contributed by atoms with Gasteiger partial charge in [-0.3, -0.25) is 4.90 Å². The topological polar surface area (TPSA) is 53.7 Å². The van der Waals surface area contributed by atoms with E-state index in [-0.39, 0.29) is 11.9 Å². The number of benzene rings is 1. The normalized spacial score (nSPS) is 22.8. The van der Waals surface area contributed by atoms with Gasteiger partial charge in [0.25, 0.3) is 0 Å². The van der Waals surface area contributed by atoms with Crippen LogP contribution in [0.1, 0.15) is 48.1 Å². The summed E-state index contributed by atoms with van der Waals surface area (Å²) in [5.74, 6) is 2.21. The van der Waals surface area contributed by atoms with Crippen molar-refractivity contribution in [3.05, 3.63) is 46.1 Å². The highest BCUT2D eigenvalue weighted by Crippen LogP contribution is 2.42. The van der Waals surface area contributed by atoms with Crippen LogP contribution in [0.5, 0.6) is 5.88 Å². The van der Waals surface area contributed by atoms with Crippen LogP contribution in [0.25, 0.3) is 4.96 Å². The number of nitrogens with zero attached hydrogens (tertiary/aromatic N) is 4. The fourth-order valence-electron chi connectivity index (χ4n) is 4.32. The maximum Gasteiger partial charge on any atom is 0.230 e. The maximum atomic E-state index is 10.9. The van der Waals surface area contributed by atoms with Crippen LogP contribution < -0.4 is 0 Å². The lowest BCUT2D eigenvalue weighted by molar-refractivity contribution is 0.112. The molecule has 3 atom stereocenters. The number of hydrogen-bond acceptors (Lipinski definition) is 5. The number of piperidine rings is 1. The molecule has 5 nitrogen and oxygen atoms in total. The second-order valence-electron chi connectivity index (χ2n) is 7.86. The van der Waals surface area contributed by atoms with Crippen LogP contribution in [0.3, 0.4) is 0 Å². The molecule has 4 rings (SSSR count). The molecule has 1 aromatic carbocycles. The second kappa shape index (κ2) is 6.67. The summed E-state index contributed by atoms with van der Waals surface area (Å²) in [5, 5.41) is 15.3. The third kappa shape index (κ3) is 3.12. The third-order valence-corrected chi connectivity index (χ3v) is 6.25. The van der Waals surface area contributed by atoms with E-state index in [1.54, 1.807) is 15.9 Å². The van der Waals surface area contributed by atoms with Crippen molar-refractivity contribution in [2.24, 2.45) is 11.8 Å². The number of thiazole rings is 1. The molecule has 0 radical (unpaired) electrons. The molecule has 0 spiro atoms. The van der Waals surface area contributed by atoms with Crippen LogP contribution in [0.2, 0.25) is 0 Å². The highest BCUT2D eigenvalue weighted by molar-refractivity contribution is 7.17. The van der Waals surface area contributed by atoms with Crippen LogP contribution in [-0.4, -0.2) is 37.7 Å². The van der Waals surface area contributed by atoms with Crippen LogP contribution in [0.15, 0.2) is 24.3 Å². The first-order valence-corrected chi connectivity index (χ1v) is 10.1. The molecule has 3 aromatic rings. The van der Waals surface area contributed by atoms with Crippen molar-refractivity contribution in [2.75, 3.05) is 13.1 Å². The summed E-state index contributed by atoms with van der Waals surface area (Å²) in [4.78, 5) is 8.67. The molecule has 1 aliphatic heterocycles. The molecular formula is C20H26N4OS. The molecule has 1 N–H and O–H groups in total. The van der Waals surface area contributed by atoms with Gasteiger partial charge in [-0.1, -0.05) is 55.0 Å². The molecule has 2 aromatic heterocycles. The quantitative estimate of drug-likeness (QED) is 0.751. The molecule has 0 saturated carbocycles. The Hall–Kier alpha value is -1.92. The Bertz CT molecular complexity index is 921. The summed E-state index contributed by atoms with van der Waals surface area (Å²) in [6.07, 6.45) is 1.26. The third-order valence-electron chi connectivity index (χ3n) is 5.17. The van der Waals surface area contributed by atoms with E-state index in [0.717, 1.165) is 22.9 Å². The van der Waals surface area contributed by atoms with Gasteiger partial charge in [0.2, 0.25) is 10.8 Å². The Labute approximate surface area is 158 Å². The average Bonchev–Trinajstić information content (AvgIpc) is 3.05. The van der Waals surface area contributed by atoms with E-state index in [1.807, 2.05) is 6.92 Å². The van der Waals surface area contributed by atoms with E-state index >= 15 is 0 Å². The van der Waals surface area contributed by atoms with Crippen molar-refractivity contribution in [3.8, 4) is 5.88 Å². The van der Waals surface area contributed by atoms with Crippen molar-refractivity contribution in [3.63, 3.8) is 0 Å². The smallest absolute Gasteiger partial charge is 0.230 e. The van der Waals surface area contributed by atoms with E-state index in [1.165, 1.54) is 17.5 Å². The predicted octanol–water partition coefficient (Wildman–Crippen LogP) is 4.18. The van der Waals surface area contributed by atoms with Crippen molar-refractivity contribution in [1.82, 2.24) is 19.5 Å². The van der Waals surface area contributed by atoms with Crippen molar-refractivity contribution in [1.29, 1.82) is 0 Å². The van der Waals surface area contributed by atoms with Gasteiger partial charge in [0.05, 0.1) is 10.9 Å². The van der Waals surface area contributed by atoms with E-state index in [2.05, 4.69) is 60.0 Å². The lowest BCUT2D eigenvalue weighted by Gasteiger charge is -2.40. The summed E-state index contributed by atoms with van der Waals surface area (Å²) < 4.78 is 1.58. The SMILES string of the molecule is Cc1cccc(C(c2sc3nc(C)nn3c2O)N2CC(C)CC(C)C2)c1. The zero-order chi connectivity index (χ0) is 18.4. The highest BCUT2D eigenvalue weighted by Gasteiger charge is 2.33. The second-order valence-corrected chi connectivity index (χ2v) is 8.87. The minimum absolute atomic E-state index is 0.0360. The summed E-state index contributed by atoms with van der Waals surface area (Å²) in [7, 11) is 0. The first-order chi connectivity index (χ1) is 12.4. The number of aryl methyl sites for hydroxylation is 2. The van der Waals surface area contributed by atoms with E-state index < -0.39 is 0 Å².